The van der Waals surface area contributed by atoms with Crippen molar-refractivity contribution >= 4 is 34.3 Å². The van der Waals surface area contributed by atoms with Gasteiger partial charge in [0, 0.05) is 55.2 Å². The van der Waals surface area contributed by atoms with E-state index in [4.69, 9.17) is 9.40 Å². The summed E-state index contributed by atoms with van der Waals surface area (Å²) in [7, 11) is 2.15. The van der Waals surface area contributed by atoms with Crippen LogP contribution in [0.1, 0.15) is 25.7 Å². The highest BCUT2D eigenvalue weighted by Crippen LogP contribution is 2.43. The first kappa shape index (κ1) is 25.1. The number of rotatable bonds is 7. The molecule has 2 aliphatic rings. The highest BCUT2D eigenvalue weighted by atomic mass is 16.3. The Balaban J connectivity index is 1.45. The van der Waals surface area contributed by atoms with Crippen molar-refractivity contribution in [1.29, 1.82) is 0 Å². The molecule has 1 aliphatic carbocycles. The third kappa shape index (κ3) is 5.22. The number of fused-ring (bicyclic) bond motifs is 1. The number of hydrogen-bond acceptors (Lipinski definition) is 8. The predicted octanol–water partition coefficient (Wildman–Crippen LogP) is 5.18. The van der Waals surface area contributed by atoms with E-state index in [-0.39, 0.29) is 5.91 Å². The van der Waals surface area contributed by atoms with Gasteiger partial charge in [0.15, 0.2) is 0 Å². The molecule has 39 heavy (non-hydrogen) atoms. The minimum Gasteiger partial charge on any atom is -0.437 e. The van der Waals surface area contributed by atoms with Crippen LogP contribution >= 0.6 is 0 Å². The average molecular weight is 524 g/mol. The molecule has 3 aromatic heterocycles. The van der Waals surface area contributed by atoms with Crippen molar-refractivity contribution < 1.29 is 9.21 Å². The SMILES string of the molecule is C=CC(=O)Nc1cccc(-c2c(-c3ccc(N4CCN(C)CC4)nc3)oc3ncnc(NC4CCCC4)c23)c1. The van der Waals surface area contributed by atoms with Crippen molar-refractivity contribution in [2.24, 2.45) is 0 Å². The van der Waals surface area contributed by atoms with Crippen LogP contribution in [0.25, 0.3) is 33.6 Å². The molecular formula is C30H33N7O2. The van der Waals surface area contributed by atoms with Gasteiger partial charge in [0.2, 0.25) is 11.6 Å². The Morgan fingerprint density at radius 1 is 1.05 bits per heavy atom. The van der Waals surface area contributed by atoms with Crippen molar-refractivity contribution in [2.45, 2.75) is 31.7 Å². The van der Waals surface area contributed by atoms with Gasteiger partial charge in [0.1, 0.15) is 23.7 Å². The van der Waals surface area contributed by atoms with Crippen LogP contribution in [-0.4, -0.2) is 65.0 Å². The fourth-order valence-corrected chi connectivity index (χ4v) is 5.47. The van der Waals surface area contributed by atoms with Gasteiger partial charge in [0.25, 0.3) is 0 Å². The Labute approximate surface area is 228 Å². The number of nitrogens with zero attached hydrogens (tertiary/aromatic N) is 5. The number of anilines is 3. The smallest absolute Gasteiger partial charge is 0.247 e. The summed E-state index contributed by atoms with van der Waals surface area (Å²) >= 11 is 0. The number of carbonyl (C=O) groups is 1. The lowest BCUT2D eigenvalue weighted by Gasteiger charge is -2.33. The molecule has 1 aliphatic heterocycles. The average Bonchev–Trinajstić information content (AvgIpc) is 3.62. The number of nitrogens with one attached hydrogen (secondary N) is 2. The number of aromatic nitrogens is 3. The second-order valence-electron chi connectivity index (χ2n) is 10.3. The molecule has 6 rings (SSSR count). The summed E-state index contributed by atoms with van der Waals surface area (Å²) in [6, 6.07) is 12.2. The highest BCUT2D eigenvalue weighted by molar-refractivity contribution is 6.07. The summed E-state index contributed by atoms with van der Waals surface area (Å²) in [5.74, 6) is 2.13. The zero-order valence-electron chi connectivity index (χ0n) is 22.2. The first-order valence-electron chi connectivity index (χ1n) is 13.6. The standard InChI is InChI=1S/C30H33N7O2/c1-3-25(38)34-23-10-6-7-20(17-23)26-27-29(35-22-8-4-5-9-22)32-19-33-30(27)39-28(26)21-11-12-24(31-18-21)37-15-13-36(2)14-16-37/h3,6-7,10-12,17-19,22H,1,4-5,8-9,13-16H2,2H3,(H,34,38)(H,32,33,35). The zero-order valence-corrected chi connectivity index (χ0v) is 22.2. The van der Waals surface area contributed by atoms with Gasteiger partial charge in [-0.3, -0.25) is 4.79 Å². The van der Waals surface area contributed by atoms with Crippen molar-refractivity contribution in [3.8, 4) is 22.5 Å². The van der Waals surface area contributed by atoms with E-state index in [1.54, 1.807) is 6.33 Å². The van der Waals surface area contributed by atoms with Crippen LogP contribution in [0.4, 0.5) is 17.3 Å². The zero-order chi connectivity index (χ0) is 26.8. The van der Waals surface area contributed by atoms with Crippen LogP contribution < -0.4 is 15.5 Å². The van der Waals surface area contributed by atoms with E-state index in [2.05, 4.69) is 56.2 Å². The van der Waals surface area contributed by atoms with E-state index in [0.717, 1.165) is 72.7 Å². The van der Waals surface area contributed by atoms with Gasteiger partial charge in [0.05, 0.1) is 5.39 Å². The summed E-state index contributed by atoms with van der Waals surface area (Å²) in [6.45, 7) is 7.51. The molecule has 4 heterocycles. The maximum absolute atomic E-state index is 12.0. The summed E-state index contributed by atoms with van der Waals surface area (Å²) in [6.07, 6.45) is 9.34. The number of likely N-dealkylation sites (N-methyl/N-ethyl adjacent to an activating group) is 1. The molecule has 0 unspecified atom stereocenters. The van der Waals surface area contributed by atoms with Crippen LogP contribution in [0.15, 0.2) is 66.0 Å². The minimum atomic E-state index is -0.264. The Hall–Kier alpha value is -4.24. The molecule has 2 N–H and O–H groups in total. The summed E-state index contributed by atoms with van der Waals surface area (Å²) in [4.78, 5) is 30.6. The summed E-state index contributed by atoms with van der Waals surface area (Å²) in [5.41, 5.74) is 3.80. The van der Waals surface area contributed by atoms with Gasteiger partial charge in [-0.15, -0.1) is 0 Å². The van der Waals surface area contributed by atoms with Crippen LogP contribution in [0, 0.1) is 0 Å². The molecule has 9 heteroatoms. The number of piperazine rings is 1. The molecule has 1 aromatic carbocycles. The lowest BCUT2D eigenvalue weighted by atomic mass is 9.99. The number of hydrogen-bond donors (Lipinski definition) is 2. The van der Waals surface area contributed by atoms with Gasteiger partial charge in [-0.25, -0.2) is 15.0 Å². The van der Waals surface area contributed by atoms with Crippen molar-refractivity contribution in [3.05, 3.63) is 61.6 Å². The second kappa shape index (κ2) is 10.9. The fourth-order valence-electron chi connectivity index (χ4n) is 5.47. The highest BCUT2D eigenvalue weighted by Gasteiger charge is 2.25. The molecule has 0 atom stereocenters. The molecule has 4 aromatic rings. The topological polar surface area (TPSA) is 99.4 Å². The van der Waals surface area contributed by atoms with Gasteiger partial charge in [-0.05, 0) is 55.8 Å². The van der Waals surface area contributed by atoms with Crippen LogP contribution in [0.3, 0.4) is 0 Å². The number of amides is 1. The second-order valence-corrected chi connectivity index (χ2v) is 10.3. The number of pyridine rings is 1. The summed E-state index contributed by atoms with van der Waals surface area (Å²) in [5, 5.41) is 7.34. The first-order chi connectivity index (χ1) is 19.1. The summed E-state index contributed by atoms with van der Waals surface area (Å²) < 4.78 is 6.43. The van der Waals surface area contributed by atoms with Crippen LogP contribution in [0.5, 0.6) is 0 Å². The van der Waals surface area contributed by atoms with E-state index >= 15 is 0 Å². The Morgan fingerprint density at radius 2 is 1.87 bits per heavy atom. The minimum absolute atomic E-state index is 0.264. The van der Waals surface area contributed by atoms with E-state index in [1.807, 2.05) is 30.5 Å². The van der Waals surface area contributed by atoms with Gasteiger partial charge < -0.3 is 24.9 Å². The Kier molecular flexibility index (Phi) is 6.98. The van der Waals surface area contributed by atoms with E-state index < -0.39 is 0 Å². The molecule has 1 saturated heterocycles. The number of carbonyl (C=O) groups excluding carboxylic acids is 1. The lowest BCUT2D eigenvalue weighted by molar-refractivity contribution is -0.111. The molecule has 1 saturated carbocycles. The molecule has 0 radical (unpaired) electrons. The number of benzene rings is 1. The molecule has 2 fully saturated rings. The van der Waals surface area contributed by atoms with Crippen LogP contribution in [-0.2, 0) is 4.79 Å². The first-order valence-corrected chi connectivity index (χ1v) is 13.6. The largest absolute Gasteiger partial charge is 0.437 e. The quantitative estimate of drug-likeness (QED) is 0.320. The fraction of sp³-hybridized carbons (Fsp3) is 0.333. The normalized spacial score (nSPS) is 16.5. The van der Waals surface area contributed by atoms with Gasteiger partial charge >= 0.3 is 0 Å². The Bertz CT molecular complexity index is 1480. The van der Waals surface area contributed by atoms with Gasteiger partial charge in [-0.1, -0.05) is 31.6 Å². The van der Waals surface area contributed by atoms with E-state index in [9.17, 15) is 4.79 Å². The van der Waals surface area contributed by atoms with Gasteiger partial charge in [-0.2, -0.15) is 0 Å². The van der Waals surface area contributed by atoms with Crippen LogP contribution in [0.2, 0.25) is 0 Å². The van der Waals surface area contributed by atoms with Crippen molar-refractivity contribution in [1.82, 2.24) is 19.9 Å². The van der Waals surface area contributed by atoms with E-state index in [0.29, 0.717) is 23.2 Å². The third-order valence-electron chi connectivity index (χ3n) is 7.63. The Morgan fingerprint density at radius 3 is 2.62 bits per heavy atom. The molecule has 200 valence electrons. The van der Waals surface area contributed by atoms with E-state index in [1.165, 1.54) is 18.9 Å². The molecule has 9 nitrogen and oxygen atoms in total. The maximum Gasteiger partial charge on any atom is 0.247 e. The lowest BCUT2D eigenvalue weighted by Crippen LogP contribution is -2.44. The molecule has 0 bridgehead atoms. The molecule has 0 spiro atoms. The van der Waals surface area contributed by atoms with Crippen molar-refractivity contribution in [2.75, 3.05) is 48.8 Å². The maximum atomic E-state index is 12.0. The molecular weight excluding hydrogens is 490 g/mol. The predicted molar refractivity (Wildman–Crippen MR) is 155 cm³/mol. The monoisotopic (exact) mass is 523 g/mol. The van der Waals surface area contributed by atoms with Crippen molar-refractivity contribution in [3.63, 3.8) is 0 Å². The third-order valence-corrected chi connectivity index (χ3v) is 7.63. The number of furan rings is 1. The molecule has 1 amide bonds.